The first kappa shape index (κ1) is 11.0. The van der Waals surface area contributed by atoms with Crippen LogP contribution in [0, 0.1) is 6.92 Å². The number of halogens is 1. The molecule has 3 heteroatoms. The van der Waals surface area contributed by atoms with E-state index in [-0.39, 0.29) is 0 Å². The van der Waals surface area contributed by atoms with Gasteiger partial charge < -0.3 is 5.32 Å². The predicted molar refractivity (Wildman–Crippen MR) is 67.8 cm³/mol. The smallest absolute Gasteiger partial charge is 0.126 e. The summed E-state index contributed by atoms with van der Waals surface area (Å²) in [7, 11) is 0. The number of anilines is 1. The Morgan fingerprint density at radius 3 is 2.69 bits per heavy atom. The second kappa shape index (κ2) is 4.99. The van der Waals surface area contributed by atoms with E-state index in [2.05, 4.69) is 10.3 Å². The van der Waals surface area contributed by atoms with Crippen LogP contribution in [0.2, 0.25) is 5.02 Å². The van der Waals surface area contributed by atoms with Gasteiger partial charge in [-0.15, -0.1) is 0 Å². The SMILES string of the molecule is Cc1cccc(NCc2ccccc2Cl)n1. The van der Waals surface area contributed by atoms with Crippen LogP contribution in [0.3, 0.4) is 0 Å². The van der Waals surface area contributed by atoms with Crippen molar-refractivity contribution in [3.8, 4) is 0 Å². The van der Waals surface area contributed by atoms with Crippen molar-refractivity contribution in [3.05, 3.63) is 58.7 Å². The largest absolute Gasteiger partial charge is 0.366 e. The van der Waals surface area contributed by atoms with E-state index in [4.69, 9.17) is 11.6 Å². The lowest BCUT2D eigenvalue weighted by Gasteiger charge is -2.07. The molecule has 1 heterocycles. The van der Waals surface area contributed by atoms with Crippen molar-refractivity contribution in [1.82, 2.24) is 4.98 Å². The van der Waals surface area contributed by atoms with Gasteiger partial charge in [0.05, 0.1) is 0 Å². The monoisotopic (exact) mass is 232 g/mol. The molecule has 0 bridgehead atoms. The zero-order valence-corrected chi connectivity index (χ0v) is 9.83. The third-order valence-electron chi connectivity index (χ3n) is 2.31. The lowest BCUT2D eigenvalue weighted by molar-refractivity contribution is 1.09. The number of aromatic nitrogens is 1. The van der Waals surface area contributed by atoms with E-state index in [9.17, 15) is 0 Å². The summed E-state index contributed by atoms with van der Waals surface area (Å²) in [6, 6.07) is 13.7. The summed E-state index contributed by atoms with van der Waals surface area (Å²) in [5.41, 5.74) is 2.08. The minimum atomic E-state index is 0.691. The van der Waals surface area contributed by atoms with Gasteiger partial charge in [-0.05, 0) is 30.7 Å². The molecule has 0 aliphatic carbocycles. The third kappa shape index (κ3) is 2.74. The summed E-state index contributed by atoms with van der Waals surface area (Å²) in [6.45, 7) is 2.66. The minimum absolute atomic E-state index is 0.691. The molecule has 0 radical (unpaired) electrons. The summed E-state index contributed by atoms with van der Waals surface area (Å²) in [5.74, 6) is 0.875. The fraction of sp³-hybridized carbons (Fsp3) is 0.154. The number of aryl methyl sites for hydroxylation is 1. The topological polar surface area (TPSA) is 24.9 Å². The van der Waals surface area contributed by atoms with Gasteiger partial charge in [-0.2, -0.15) is 0 Å². The molecule has 0 amide bonds. The van der Waals surface area contributed by atoms with Gasteiger partial charge in [-0.3, -0.25) is 0 Å². The highest BCUT2D eigenvalue weighted by molar-refractivity contribution is 6.31. The van der Waals surface area contributed by atoms with Crippen LogP contribution in [0.25, 0.3) is 0 Å². The van der Waals surface area contributed by atoms with Gasteiger partial charge in [0.2, 0.25) is 0 Å². The van der Waals surface area contributed by atoms with E-state index in [1.165, 1.54) is 0 Å². The van der Waals surface area contributed by atoms with Gasteiger partial charge in [-0.1, -0.05) is 35.9 Å². The number of nitrogens with zero attached hydrogens (tertiary/aromatic N) is 1. The quantitative estimate of drug-likeness (QED) is 0.874. The van der Waals surface area contributed by atoms with Crippen LogP contribution in [0.5, 0.6) is 0 Å². The van der Waals surface area contributed by atoms with Crippen molar-refractivity contribution >= 4 is 17.4 Å². The highest BCUT2D eigenvalue weighted by atomic mass is 35.5. The second-order valence-corrected chi connectivity index (χ2v) is 4.02. The first-order chi connectivity index (χ1) is 7.75. The molecule has 2 rings (SSSR count). The van der Waals surface area contributed by atoms with Crippen LogP contribution in [0.15, 0.2) is 42.5 Å². The second-order valence-electron chi connectivity index (χ2n) is 3.61. The lowest BCUT2D eigenvalue weighted by atomic mass is 10.2. The summed E-state index contributed by atoms with van der Waals surface area (Å²) in [6.07, 6.45) is 0. The molecule has 0 spiro atoms. The molecule has 2 aromatic rings. The van der Waals surface area contributed by atoms with Crippen molar-refractivity contribution in [1.29, 1.82) is 0 Å². The minimum Gasteiger partial charge on any atom is -0.366 e. The first-order valence-corrected chi connectivity index (χ1v) is 5.54. The summed E-state index contributed by atoms with van der Waals surface area (Å²) in [4.78, 5) is 4.36. The van der Waals surface area contributed by atoms with Gasteiger partial charge >= 0.3 is 0 Å². The molecule has 0 fully saturated rings. The van der Waals surface area contributed by atoms with Crippen LogP contribution in [0.1, 0.15) is 11.3 Å². The maximum Gasteiger partial charge on any atom is 0.126 e. The van der Waals surface area contributed by atoms with Gasteiger partial charge in [0.1, 0.15) is 5.82 Å². The fourth-order valence-corrected chi connectivity index (χ4v) is 1.67. The molecule has 1 aromatic carbocycles. The van der Waals surface area contributed by atoms with Crippen LogP contribution < -0.4 is 5.32 Å². The van der Waals surface area contributed by atoms with Gasteiger partial charge in [0.25, 0.3) is 0 Å². The van der Waals surface area contributed by atoms with E-state index in [1.807, 2.05) is 49.4 Å². The Labute approximate surface area is 100 Å². The zero-order chi connectivity index (χ0) is 11.4. The maximum atomic E-state index is 6.06. The van der Waals surface area contributed by atoms with Crippen molar-refractivity contribution < 1.29 is 0 Å². The Bertz CT molecular complexity index is 483. The normalized spacial score (nSPS) is 10.1. The third-order valence-corrected chi connectivity index (χ3v) is 2.67. The average molecular weight is 233 g/mol. The van der Waals surface area contributed by atoms with E-state index in [1.54, 1.807) is 0 Å². The molecule has 0 saturated carbocycles. The Balaban J connectivity index is 2.05. The van der Waals surface area contributed by atoms with E-state index < -0.39 is 0 Å². The molecular formula is C13H13ClN2. The van der Waals surface area contributed by atoms with Crippen molar-refractivity contribution in [2.24, 2.45) is 0 Å². The highest BCUT2D eigenvalue weighted by Gasteiger charge is 1.99. The predicted octanol–water partition coefficient (Wildman–Crippen LogP) is 3.66. The van der Waals surface area contributed by atoms with Gasteiger partial charge in [-0.25, -0.2) is 4.98 Å². The Morgan fingerprint density at radius 2 is 1.94 bits per heavy atom. The standard InChI is InChI=1S/C13H13ClN2/c1-10-5-4-8-13(16-10)15-9-11-6-2-3-7-12(11)14/h2-8H,9H2,1H3,(H,15,16). The molecular weight excluding hydrogens is 220 g/mol. The zero-order valence-electron chi connectivity index (χ0n) is 9.07. The first-order valence-electron chi connectivity index (χ1n) is 5.16. The molecule has 82 valence electrons. The molecule has 1 N–H and O–H groups in total. The molecule has 16 heavy (non-hydrogen) atoms. The molecule has 0 aliphatic rings. The Hall–Kier alpha value is -1.54. The number of hydrogen-bond donors (Lipinski definition) is 1. The molecule has 1 aromatic heterocycles. The fourth-order valence-electron chi connectivity index (χ4n) is 1.47. The molecule has 0 unspecified atom stereocenters. The Kier molecular flexibility index (Phi) is 3.42. The summed E-state index contributed by atoms with van der Waals surface area (Å²) in [5, 5.41) is 4.03. The lowest BCUT2D eigenvalue weighted by Crippen LogP contribution is -2.02. The molecule has 0 aliphatic heterocycles. The summed E-state index contributed by atoms with van der Waals surface area (Å²) < 4.78 is 0. The maximum absolute atomic E-state index is 6.06. The number of benzene rings is 1. The van der Waals surface area contributed by atoms with Crippen molar-refractivity contribution in [2.45, 2.75) is 13.5 Å². The van der Waals surface area contributed by atoms with Gasteiger partial charge in [0, 0.05) is 17.3 Å². The van der Waals surface area contributed by atoms with Crippen LogP contribution in [-0.2, 0) is 6.54 Å². The van der Waals surface area contributed by atoms with Crippen LogP contribution in [-0.4, -0.2) is 4.98 Å². The van der Waals surface area contributed by atoms with Crippen molar-refractivity contribution in [3.63, 3.8) is 0 Å². The molecule has 2 nitrogen and oxygen atoms in total. The van der Waals surface area contributed by atoms with Crippen molar-refractivity contribution in [2.75, 3.05) is 5.32 Å². The molecule has 0 atom stereocenters. The highest BCUT2D eigenvalue weighted by Crippen LogP contribution is 2.16. The van der Waals surface area contributed by atoms with Crippen LogP contribution >= 0.6 is 11.6 Å². The number of nitrogens with one attached hydrogen (secondary N) is 1. The number of pyridine rings is 1. The molecule has 0 saturated heterocycles. The van der Waals surface area contributed by atoms with E-state index >= 15 is 0 Å². The average Bonchev–Trinajstić information content (AvgIpc) is 2.28. The Morgan fingerprint density at radius 1 is 1.12 bits per heavy atom. The number of hydrogen-bond acceptors (Lipinski definition) is 2. The summed E-state index contributed by atoms with van der Waals surface area (Å²) >= 11 is 6.06. The van der Waals surface area contributed by atoms with Gasteiger partial charge in [0.15, 0.2) is 0 Å². The van der Waals surface area contributed by atoms with Crippen LogP contribution in [0.4, 0.5) is 5.82 Å². The number of rotatable bonds is 3. The van der Waals surface area contributed by atoms with E-state index in [0.29, 0.717) is 6.54 Å². The van der Waals surface area contributed by atoms with E-state index in [0.717, 1.165) is 22.1 Å².